The average molecular weight is 451 g/mol. The summed E-state index contributed by atoms with van der Waals surface area (Å²) in [4.78, 5) is 12.7. The van der Waals surface area contributed by atoms with Crippen LogP contribution in [0.4, 0.5) is 5.69 Å². The molecule has 0 aliphatic carbocycles. The van der Waals surface area contributed by atoms with Crippen molar-refractivity contribution in [2.24, 2.45) is 0 Å². The van der Waals surface area contributed by atoms with Gasteiger partial charge in [0.15, 0.2) is 0 Å². The summed E-state index contributed by atoms with van der Waals surface area (Å²) in [6.07, 6.45) is 1.04. The van der Waals surface area contributed by atoms with Gasteiger partial charge in [0.05, 0.1) is 32.7 Å². The lowest BCUT2D eigenvalue weighted by Gasteiger charge is -2.29. The van der Waals surface area contributed by atoms with Gasteiger partial charge in [-0.2, -0.15) is 0 Å². The molecule has 0 aromatic heterocycles. The van der Waals surface area contributed by atoms with Crippen molar-refractivity contribution < 1.29 is 27.4 Å². The summed E-state index contributed by atoms with van der Waals surface area (Å²) in [5.74, 6) is 1.01. The van der Waals surface area contributed by atoms with Gasteiger partial charge in [0.25, 0.3) is 0 Å². The van der Waals surface area contributed by atoms with Crippen molar-refractivity contribution in [2.45, 2.75) is 26.8 Å². The Labute approximate surface area is 184 Å². The van der Waals surface area contributed by atoms with Gasteiger partial charge in [0.1, 0.15) is 29.9 Å². The average Bonchev–Trinajstić information content (AvgIpc) is 2.69. The van der Waals surface area contributed by atoms with Crippen LogP contribution in [0.1, 0.15) is 18.1 Å². The number of methoxy groups -OCH3 is 2. The number of amides is 1. The van der Waals surface area contributed by atoms with E-state index >= 15 is 0 Å². The number of ether oxygens (including phenoxy) is 3. The Hall–Kier alpha value is -2.94. The molecular weight excluding hydrogens is 420 g/mol. The van der Waals surface area contributed by atoms with Crippen molar-refractivity contribution in [1.29, 1.82) is 0 Å². The number of hydrogen-bond donors (Lipinski definition) is 1. The van der Waals surface area contributed by atoms with Crippen LogP contribution >= 0.6 is 0 Å². The van der Waals surface area contributed by atoms with Crippen molar-refractivity contribution in [2.75, 3.05) is 37.9 Å². The molecule has 0 saturated heterocycles. The third-order valence-corrected chi connectivity index (χ3v) is 5.80. The highest BCUT2D eigenvalue weighted by molar-refractivity contribution is 7.92. The topological polar surface area (TPSA) is 94.2 Å². The van der Waals surface area contributed by atoms with Crippen LogP contribution in [-0.2, 0) is 14.8 Å². The Morgan fingerprint density at radius 2 is 1.68 bits per heavy atom. The molecule has 31 heavy (non-hydrogen) atoms. The van der Waals surface area contributed by atoms with Crippen LogP contribution < -0.4 is 23.8 Å². The first-order valence-electron chi connectivity index (χ1n) is 9.77. The molecule has 8 nitrogen and oxygen atoms in total. The lowest BCUT2D eigenvalue weighted by Crippen LogP contribution is -2.48. The van der Waals surface area contributed by atoms with E-state index in [-0.39, 0.29) is 18.8 Å². The Morgan fingerprint density at radius 1 is 1.03 bits per heavy atom. The largest absolute Gasteiger partial charge is 0.497 e. The maximum absolute atomic E-state index is 12.7. The number of rotatable bonds is 10. The van der Waals surface area contributed by atoms with E-state index in [1.165, 1.54) is 27.2 Å². The first kappa shape index (κ1) is 24.3. The smallest absolute Gasteiger partial charge is 0.243 e. The standard InChI is InChI=1S/C22H30N2O6S/c1-15-11-16(2)13-19(12-15)30-10-9-23-22(25)17(3)24(31(6,26)27)20-14-18(28-4)7-8-21(20)29-5/h7-8,11-14,17H,9-10H2,1-6H3,(H,23,25)/t17-/m0/s1. The van der Waals surface area contributed by atoms with Crippen LogP contribution in [0.2, 0.25) is 0 Å². The van der Waals surface area contributed by atoms with Gasteiger partial charge in [-0.1, -0.05) is 6.07 Å². The molecule has 2 rings (SSSR count). The van der Waals surface area contributed by atoms with E-state index in [0.29, 0.717) is 11.5 Å². The zero-order chi connectivity index (χ0) is 23.2. The second-order valence-corrected chi connectivity index (χ2v) is 9.09. The van der Waals surface area contributed by atoms with Crippen molar-refractivity contribution in [3.8, 4) is 17.2 Å². The molecule has 0 unspecified atom stereocenters. The van der Waals surface area contributed by atoms with E-state index in [1.54, 1.807) is 12.1 Å². The van der Waals surface area contributed by atoms with E-state index in [2.05, 4.69) is 5.32 Å². The van der Waals surface area contributed by atoms with Crippen molar-refractivity contribution >= 4 is 21.6 Å². The molecule has 170 valence electrons. The summed E-state index contributed by atoms with van der Waals surface area (Å²) in [5, 5.41) is 2.73. The van der Waals surface area contributed by atoms with Gasteiger partial charge >= 0.3 is 0 Å². The highest BCUT2D eigenvalue weighted by Crippen LogP contribution is 2.35. The molecule has 0 bridgehead atoms. The Morgan fingerprint density at radius 3 is 2.23 bits per heavy atom. The van der Waals surface area contributed by atoms with Gasteiger partial charge in [-0.05, 0) is 56.2 Å². The number of aryl methyl sites for hydroxylation is 2. The third-order valence-electron chi connectivity index (χ3n) is 4.58. The molecule has 0 aliphatic heterocycles. The SMILES string of the molecule is COc1ccc(OC)c(N([C@@H](C)C(=O)NCCOc2cc(C)cc(C)c2)S(C)(=O)=O)c1. The van der Waals surface area contributed by atoms with Crippen molar-refractivity contribution in [1.82, 2.24) is 5.32 Å². The minimum absolute atomic E-state index is 0.221. The molecule has 1 amide bonds. The minimum Gasteiger partial charge on any atom is -0.497 e. The Kier molecular flexibility index (Phi) is 8.15. The maximum atomic E-state index is 12.7. The van der Waals surface area contributed by atoms with Crippen LogP contribution in [-0.4, -0.2) is 54.0 Å². The first-order chi connectivity index (χ1) is 14.6. The maximum Gasteiger partial charge on any atom is 0.243 e. The quantitative estimate of drug-likeness (QED) is 0.560. The normalized spacial score (nSPS) is 12.1. The van der Waals surface area contributed by atoms with E-state index in [9.17, 15) is 13.2 Å². The molecule has 9 heteroatoms. The van der Waals surface area contributed by atoms with Crippen molar-refractivity contribution in [3.63, 3.8) is 0 Å². The van der Waals surface area contributed by atoms with Crippen LogP contribution in [0.3, 0.4) is 0 Å². The number of sulfonamides is 1. The highest BCUT2D eigenvalue weighted by atomic mass is 32.2. The number of carbonyl (C=O) groups is 1. The number of hydrogen-bond acceptors (Lipinski definition) is 6. The van der Waals surface area contributed by atoms with Crippen LogP contribution in [0.5, 0.6) is 17.2 Å². The molecule has 1 atom stereocenters. The number of nitrogens with zero attached hydrogens (tertiary/aromatic N) is 1. The van der Waals surface area contributed by atoms with Crippen LogP contribution in [0.15, 0.2) is 36.4 Å². The third kappa shape index (κ3) is 6.52. The molecule has 0 fully saturated rings. The Balaban J connectivity index is 2.11. The Bertz CT molecular complexity index is 1000. The summed E-state index contributed by atoms with van der Waals surface area (Å²) in [5.41, 5.74) is 2.39. The number of nitrogens with one attached hydrogen (secondary N) is 1. The van der Waals surface area contributed by atoms with E-state index in [4.69, 9.17) is 14.2 Å². The fourth-order valence-corrected chi connectivity index (χ4v) is 4.43. The summed E-state index contributed by atoms with van der Waals surface area (Å²) in [7, 11) is -0.891. The van der Waals surface area contributed by atoms with Gasteiger partial charge in [-0.15, -0.1) is 0 Å². The molecule has 0 radical (unpaired) electrons. The predicted molar refractivity (Wildman–Crippen MR) is 121 cm³/mol. The fourth-order valence-electron chi connectivity index (χ4n) is 3.26. The molecule has 0 aliphatic rings. The van der Waals surface area contributed by atoms with Crippen molar-refractivity contribution in [3.05, 3.63) is 47.5 Å². The van der Waals surface area contributed by atoms with Gasteiger partial charge in [-0.3, -0.25) is 9.10 Å². The zero-order valence-corrected chi connectivity index (χ0v) is 19.6. The number of anilines is 1. The predicted octanol–water partition coefficient (Wildman–Crippen LogP) is 2.67. The molecule has 0 spiro atoms. The number of carbonyl (C=O) groups excluding carboxylic acids is 1. The lowest BCUT2D eigenvalue weighted by atomic mass is 10.1. The second-order valence-electron chi connectivity index (χ2n) is 7.24. The van der Waals surface area contributed by atoms with E-state index in [1.807, 2.05) is 32.0 Å². The molecular formula is C22H30N2O6S. The van der Waals surface area contributed by atoms with Gasteiger partial charge in [-0.25, -0.2) is 8.42 Å². The van der Waals surface area contributed by atoms with E-state index < -0.39 is 22.0 Å². The fraction of sp³-hybridized carbons (Fsp3) is 0.409. The van der Waals surface area contributed by atoms with Gasteiger partial charge < -0.3 is 19.5 Å². The molecule has 2 aromatic carbocycles. The molecule has 0 heterocycles. The summed E-state index contributed by atoms with van der Waals surface area (Å²) in [6, 6.07) is 9.62. The number of benzene rings is 2. The molecule has 0 saturated carbocycles. The lowest BCUT2D eigenvalue weighted by molar-refractivity contribution is -0.121. The zero-order valence-electron chi connectivity index (χ0n) is 18.8. The summed E-state index contributed by atoms with van der Waals surface area (Å²) < 4.78 is 42.3. The first-order valence-corrected chi connectivity index (χ1v) is 11.6. The van der Waals surface area contributed by atoms with Gasteiger partial charge in [0, 0.05) is 6.07 Å². The monoisotopic (exact) mass is 450 g/mol. The van der Waals surface area contributed by atoms with Crippen LogP contribution in [0.25, 0.3) is 0 Å². The minimum atomic E-state index is -3.80. The molecule has 1 N–H and O–H groups in total. The van der Waals surface area contributed by atoms with Crippen LogP contribution in [0, 0.1) is 13.8 Å². The second kappa shape index (κ2) is 10.4. The van der Waals surface area contributed by atoms with E-state index in [0.717, 1.165) is 27.4 Å². The van der Waals surface area contributed by atoms with Gasteiger partial charge in [0.2, 0.25) is 15.9 Å². The summed E-state index contributed by atoms with van der Waals surface area (Å²) >= 11 is 0. The summed E-state index contributed by atoms with van der Waals surface area (Å²) in [6.45, 7) is 5.96. The highest BCUT2D eigenvalue weighted by Gasteiger charge is 2.31. The molecule has 2 aromatic rings.